The number of piperidine rings is 1. The number of rotatable bonds is 8. The van der Waals surface area contributed by atoms with Crippen LogP contribution in [0.3, 0.4) is 0 Å². The minimum atomic E-state index is -0.222. The Morgan fingerprint density at radius 3 is 2.50 bits per heavy atom. The summed E-state index contributed by atoms with van der Waals surface area (Å²) in [5.74, 6) is -0.310. The molecule has 0 aromatic heterocycles. The van der Waals surface area contributed by atoms with E-state index in [1.807, 2.05) is 30.3 Å². The summed E-state index contributed by atoms with van der Waals surface area (Å²) >= 11 is 5.95. The Bertz CT molecular complexity index is 849. The number of halogens is 1. The number of hydrogen-bond donors (Lipinski definition) is 2. The van der Waals surface area contributed by atoms with Crippen molar-refractivity contribution in [1.29, 1.82) is 0 Å². The van der Waals surface area contributed by atoms with Crippen molar-refractivity contribution in [2.24, 2.45) is 5.92 Å². The third-order valence-corrected chi connectivity index (χ3v) is 5.55. The van der Waals surface area contributed by atoms with Gasteiger partial charge in [-0.05, 0) is 55.8 Å². The fourth-order valence-corrected chi connectivity index (χ4v) is 3.71. The predicted molar refractivity (Wildman–Crippen MR) is 119 cm³/mol. The van der Waals surface area contributed by atoms with Crippen LogP contribution < -0.4 is 10.6 Å². The van der Waals surface area contributed by atoms with Crippen LogP contribution in [0, 0.1) is 5.92 Å². The summed E-state index contributed by atoms with van der Waals surface area (Å²) in [4.78, 5) is 27.6. The molecule has 1 aliphatic heterocycles. The van der Waals surface area contributed by atoms with Gasteiger partial charge in [0.2, 0.25) is 5.91 Å². The topological polar surface area (TPSA) is 70.7 Å². The SMILES string of the molecule is COCCNC(=O)c1ccccc1NC(=O)C1CCN(Cc2ccc(Cl)cc2)CC1. The third-order valence-electron chi connectivity index (χ3n) is 5.30. The average Bonchev–Trinajstić information content (AvgIpc) is 2.76. The second-order valence-corrected chi connectivity index (χ2v) is 7.90. The van der Waals surface area contributed by atoms with Crippen LogP contribution in [-0.4, -0.2) is 50.1 Å². The molecule has 3 rings (SSSR count). The third kappa shape index (κ3) is 6.29. The highest BCUT2D eigenvalue weighted by Crippen LogP contribution is 2.23. The highest BCUT2D eigenvalue weighted by atomic mass is 35.5. The number of nitrogens with one attached hydrogen (secondary N) is 2. The molecule has 0 radical (unpaired) electrons. The molecule has 1 aliphatic rings. The van der Waals surface area contributed by atoms with Gasteiger partial charge in [-0.1, -0.05) is 35.9 Å². The van der Waals surface area contributed by atoms with Crippen molar-refractivity contribution >= 4 is 29.1 Å². The summed E-state index contributed by atoms with van der Waals surface area (Å²) in [5, 5.41) is 6.49. The van der Waals surface area contributed by atoms with E-state index in [4.69, 9.17) is 16.3 Å². The van der Waals surface area contributed by atoms with E-state index in [1.54, 1.807) is 25.3 Å². The van der Waals surface area contributed by atoms with Crippen molar-refractivity contribution in [1.82, 2.24) is 10.2 Å². The van der Waals surface area contributed by atoms with Gasteiger partial charge in [-0.15, -0.1) is 0 Å². The van der Waals surface area contributed by atoms with Gasteiger partial charge in [0.25, 0.3) is 5.91 Å². The van der Waals surface area contributed by atoms with Crippen LogP contribution in [0.25, 0.3) is 0 Å². The molecule has 1 heterocycles. The maximum atomic E-state index is 12.8. The number of likely N-dealkylation sites (tertiary alicyclic amines) is 1. The first-order valence-corrected chi connectivity index (χ1v) is 10.6. The summed E-state index contributed by atoms with van der Waals surface area (Å²) in [6, 6.07) is 15.0. The Morgan fingerprint density at radius 2 is 1.80 bits per heavy atom. The number of nitrogens with zero attached hydrogens (tertiary/aromatic N) is 1. The molecule has 160 valence electrons. The van der Waals surface area contributed by atoms with Gasteiger partial charge in [0.1, 0.15) is 0 Å². The van der Waals surface area contributed by atoms with E-state index in [1.165, 1.54) is 5.56 Å². The van der Waals surface area contributed by atoms with Gasteiger partial charge >= 0.3 is 0 Å². The lowest BCUT2D eigenvalue weighted by Gasteiger charge is -2.31. The molecule has 2 N–H and O–H groups in total. The summed E-state index contributed by atoms with van der Waals surface area (Å²) < 4.78 is 4.96. The van der Waals surface area contributed by atoms with Crippen molar-refractivity contribution in [3.8, 4) is 0 Å². The van der Waals surface area contributed by atoms with Crippen LogP contribution in [0.2, 0.25) is 5.02 Å². The van der Waals surface area contributed by atoms with E-state index in [9.17, 15) is 9.59 Å². The summed E-state index contributed by atoms with van der Waals surface area (Å²) in [7, 11) is 1.58. The molecule has 0 unspecified atom stereocenters. The maximum absolute atomic E-state index is 12.8. The van der Waals surface area contributed by atoms with E-state index < -0.39 is 0 Å². The number of carbonyl (C=O) groups is 2. The molecule has 30 heavy (non-hydrogen) atoms. The Labute approximate surface area is 182 Å². The van der Waals surface area contributed by atoms with Gasteiger partial charge in [0.05, 0.1) is 17.9 Å². The van der Waals surface area contributed by atoms with Gasteiger partial charge < -0.3 is 15.4 Å². The first-order chi connectivity index (χ1) is 14.6. The number of anilines is 1. The van der Waals surface area contributed by atoms with E-state index in [-0.39, 0.29) is 17.7 Å². The smallest absolute Gasteiger partial charge is 0.253 e. The molecular formula is C23H28ClN3O3. The van der Waals surface area contributed by atoms with Crippen molar-refractivity contribution < 1.29 is 14.3 Å². The number of benzene rings is 2. The lowest BCUT2D eigenvalue weighted by atomic mass is 9.95. The van der Waals surface area contributed by atoms with Gasteiger partial charge in [-0.2, -0.15) is 0 Å². The van der Waals surface area contributed by atoms with Crippen LogP contribution in [0.5, 0.6) is 0 Å². The molecule has 1 fully saturated rings. The predicted octanol–water partition coefficient (Wildman–Crippen LogP) is 3.57. The fraction of sp³-hybridized carbons (Fsp3) is 0.391. The maximum Gasteiger partial charge on any atom is 0.253 e. The zero-order valence-electron chi connectivity index (χ0n) is 17.2. The Morgan fingerprint density at radius 1 is 1.10 bits per heavy atom. The normalized spacial score (nSPS) is 15.0. The quantitative estimate of drug-likeness (QED) is 0.629. The van der Waals surface area contributed by atoms with Crippen LogP contribution in [-0.2, 0) is 16.1 Å². The molecule has 0 saturated carbocycles. The second kappa shape index (κ2) is 11.1. The Balaban J connectivity index is 1.52. The van der Waals surface area contributed by atoms with E-state index in [2.05, 4.69) is 15.5 Å². The highest BCUT2D eigenvalue weighted by molar-refractivity contribution is 6.30. The lowest BCUT2D eigenvalue weighted by molar-refractivity contribution is -0.121. The molecule has 7 heteroatoms. The lowest BCUT2D eigenvalue weighted by Crippen LogP contribution is -2.38. The molecule has 0 spiro atoms. The summed E-state index contributed by atoms with van der Waals surface area (Å²) in [5.41, 5.74) is 2.22. The first kappa shape index (κ1) is 22.3. The second-order valence-electron chi connectivity index (χ2n) is 7.46. The minimum Gasteiger partial charge on any atom is -0.383 e. The van der Waals surface area contributed by atoms with Gasteiger partial charge in [0, 0.05) is 31.1 Å². The van der Waals surface area contributed by atoms with Gasteiger partial charge in [0.15, 0.2) is 0 Å². The number of para-hydroxylation sites is 1. The molecule has 2 amide bonds. The Kier molecular flexibility index (Phi) is 8.25. The number of carbonyl (C=O) groups excluding carboxylic acids is 2. The number of amides is 2. The average molecular weight is 430 g/mol. The number of hydrogen-bond acceptors (Lipinski definition) is 4. The summed E-state index contributed by atoms with van der Waals surface area (Å²) in [6.07, 6.45) is 1.59. The van der Waals surface area contributed by atoms with Crippen LogP contribution in [0.15, 0.2) is 48.5 Å². The van der Waals surface area contributed by atoms with Crippen molar-refractivity contribution in [2.45, 2.75) is 19.4 Å². The molecule has 1 saturated heterocycles. The van der Waals surface area contributed by atoms with Crippen LogP contribution in [0.1, 0.15) is 28.8 Å². The monoisotopic (exact) mass is 429 g/mol. The van der Waals surface area contributed by atoms with Gasteiger partial charge in [-0.25, -0.2) is 0 Å². The number of methoxy groups -OCH3 is 1. The Hall–Kier alpha value is -2.41. The molecule has 0 bridgehead atoms. The highest BCUT2D eigenvalue weighted by Gasteiger charge is 2.26. The van der Waals surface area contributed by atoms with Crippen molar-refractivity contribution in [2.75, 3.05) is 38.7 Å². The molecule has 6 nitrogen and oxygen atoms in total. The standard InChI is InChI=1S/C23H28ClN3O3/c1-30-15-12-25-23(29)20-4-2-3-5-21(20)26-22(28)18-10-13-27(14-11-18)16-17-6-8-19(24)9-7-17/h2-9,18H,10-16H2,1H3,(H,25,29)(H,26,28). The molecule has 0 atom stereocenters. The minimum absolute atomic E-state index is 0.0294. The van der Waals surface area contributed by atoms with Crippen LogP contribution >= 0.6 is 11.6 Å². The van der Waals surface area contributed by atoms with Crippen molar-refractivity contribution in [3.05, 3.63) is 64.7 Å². The number of ether oxygens (including phenoxy) is 1. The zero-order valence-corrected chi connectivity index (χ0v) is 18.0. The largest absolute Gasteiger partial charge is 0.383 e. The summed E-state index contributed by atoms with van der Waals surface area (Å²) in [6.45, 7) is 3.44. The molecular weight excluding hydrogens is 402 g/mol. The molecule has 2 aromatic rings. The van der Waals surface area contributed by atoms with Gasteiger partial charge in [-0.3, -0.25) is 14.5 Å². The van der Waals surface area contributed by atoms with Crippen LogP contribution in [0.4, 0.5) is 5.69 Å². The van der Waals surface area contributed by atoms with E-state index in [0.717, 1.165) is 37.5 Å². The first-order valence-electron chi connectivity index (χ1n) is 10.2. The van der Waals surface area contributed by atoms with Crippen molar-refractivity contribution in [3.63, 3.8) is 0 Å². The zero-order chi connectivity index (χ0) is 21.3. The molecule has 0 aliphatic carbocycles. The van der Waals surface area contributed by atoms with E-state index >= 15 is 0 Å². The van der Waals surface area contributed by atoms with E-state index in [0.29, 0.717) is 24.4 Å². The fourth-order valence-electron chi connectivity index (χ4n) is 3.59. The molecule has 2 aromatic carbocycles.